The second kappa shape index (κ2) is 8.98. The minimum Gasteiger partial charge on any atom is -0.481 e. The number of rotatable bonds is 10. The first-order chi connectivity index (χ1) is 8.00. The van der Waals surface area contributed by atoms with Gasteiger partial charge in [-0.2, -0.15) is 0 Å². The molecule has 1 unspecified atom stereocenters. The summed E-state index contributed by atoms with van der Waals surface area (Å²) in [6.07, 6.45) is 5.02. The molecule has 0 aromatic heterocycles. The number of carboxylic acid groups (broad SMARTS) is 2. The van der Waals surface area contributed by atoms with Gasteiger partial charge < -0.3 is 15.3 Å². The summed E-state index contributed by atoms with van der Waals surface area (Å²) in [7, 11) is 0. The summed E-state index contributed by atoms with van der Waals surface area (Å²) < 4.78 is 0. The summed E-state index contributed by atoms with van der Waals surface area (Å²) >= 11 is 0. The average Bonchev–Trinajstić information content (AvgIpc) is 2.22. The fourth-order valence-corrected chi connectivity index (χ4v) is 1.74. The molecule has 5 heteroatoms. The van der Waals surface area contributed by atoms with Gasteiger partial charge in [0.25, 0.3) is 0 Å². The zero-order valence-electron chi connectivity index (χ0n) is 10.3. The van der Waals surface area contributed by atoms with E-state index < -0.39 is 24.0 Å². The van der Waals surface area contributed by atoms with Crippen molar-refractivity contribution < 1.29 is 24.9 Å². The molecule has 1 atom stereocenters. The van der Waals surface area contributed by atoms with Gasteiger partial charge in [-0.15, -0.1) is 0 Å². The molecule has 17 heavy (non-hydrogen) atoms. The number of aliphatic hydroxyl groups is 1. The highest BCUT2D eigenvalue weighted by atomic mass is 16.4. The Kier molecular flexibility index (Phi) is 8.40. The Balaban J connectivity index is 3.79. The molecule has 5 nitrogen and oxygen atoms in total. The van der Waals surface area contributed by atoms with Crippen molar-refractivity contribution in [2.24, 2.45) is 5.92 Å². The molecule has 0 aromatic rings. The SMILES string of the molecule is CCCCCCCCC(O)C(C(=O)O)C(=O)O. The first kappa shape index (κ1) is 15.9. The fraction of sp³-hybridized carbons (Fsp3) is 0.833. The van der Waals surface area contributed by atoms with E-state index in [2.05, 4.69) is 6.92 Å². The lowest BCUT2D eigenvalue weighted by atomic mass is 9.97. The summed E-state index contributed by atoms with van der Waals surface area (Å²) in [6, 6.07) is 0. The number of carbonyl (C=O) groups is 2. The van der Waals surface area contributed by atoms with Crippen LogP contribution in [0.5, 0.6) is 0 Å². The molecule has 0 heterocycles. The van der Waals surface area contributed by atoms with Crippen molar-refractivity contribution in [1.29, 1.82) is 0 Å². The lowest BCUT2D eigenvalue weighted by Crippen LogP contribution is -2.34. The van der Waals surface area contributed by atoms with Crippen LogP contribution in [0.25, 0.3) is 0 Å². The Hall–Kier alpha value is -1.10. The van der Waals surface area contributed by atoms with Crippen molar-refractivity contribution >= 4 is 11.9 Å². The van der Waals surface area contributed by atoms with E-state index in [0.29, 0.717) is 6.42 Å². The zero-order chi connectivity index (χ0) is 13.3. The van der Waals surface area contributed by atoms with E-state index >= 15 is 0 Å². The largest absolute Gasteiger partial charge is 0.481 e. The van der Waals surface area contributed by atoms with Crippen molar-refractivity contribution in [3.8, 4) is 0 Å². The summed E-state index contributed by atoms with van der Waals surface area (Å²) in [5, 5.41) is 26.8. The van der Waals surface area contributed by atoms with Crippen molar-refractivity contribution in [1.82, 2.24) is 0 Å². The van der Waals surface area contributed by atoms with Gasteiger partial charge in [0.15, 0.2) is 5.92 Å². The number of carboxylic acids is 2. The lowest BCUT2D eigenvalue weighted by molar-refractivity contribution is -0.160. The molecular formula is C12H22O5. The molecule has 0 rings (SSSR count). The van der Waals surface area contributed by atoms with Gasteiger partial charge in [0.05, 0.1) is 6.10 Å². The van der Waals surface area contributed by atoms with Gasteiger partial charge in [0, 0.05) is 0 Å². The summed E-state index contributed by atoms with van der Waals surface area (Å²) in [6.45, 7) is 2.12. The molecule has 0 saturated heterocycles. The maximum absolute atomic E-state index is 10.6. The Morgan fingerprint density at radius 3 is 1.88 bits per heavy atom. The number of hydrogen-bond acceptors (Lipinski definition) is 3. The van der Waals surface area contributed by atoms with Crippen molar-refractivity contribution in [2.75, 3.05) is 0 Å². The van der Waals surface area contributed by atoms with Crippen LogP contribution in [0.4, 0.5) is 0 Å². The first-order valence-corrected chi connectivity index (χ1v) is 6.14. The number of aliphatic hydroxyl groups excluding tert-OH is 1. The maximum Gasteiger partial charge on any atom is 0.320 e. The molecule has 0 radical (unpaired) electrons. The van der Waals surface area contributed by atoms with E-state index in [4.69, 9.17) is 10.2 Å². The molecule has 100 valence electrons. The quantitative estimate of drug-likeness (QED) is 0.404. The Morgan fingerprint density at radius 1 is 0.941 bits per heavy atom. The predicted molar refractivity (Wildman–Crippen MR) is 62.8 cm³/mol. The number of hydrogen-bond donors (Lipinski definition) is 3. The lowest BCUT2D eigenvalue weighted by Gasteiger charge is -2.14. The van der Waals surface area contributed by atoms with Gasteiger partial charge in [0.2, 0.25) is 0 Å². The molecule has 0 aliphatic heterocycles. The van der Waals surface area contributed by atoms with E-state index in [1.807, 2.05) is 0 Å². The molecule has 0 aliphatic carbocycles. The van der Waals surface area contributed by atoms with Crippen molar-refractivity contribution in [3.05, 3.63) is 0 Å². The van der Waals surface area contributed by atoms with Crippen LogP contribution in [-0.4, -0.2) is 33.4 Å². The summed E-state index contributed by atoms with van der Waals surface area (Å²) in [5.41, 5.74) is 0. The van der Waals surface area contributed by atoms with Crippen LogP contribution in [0, 0.1) is 5.92 Å². The highest BCUT2D eigenvalue weighted by Crippen LogP contribution is 2.14. The Bertz CT molecular complexity index is 225. The van der Waals surface area contributed by atoms with E-state index in [1.54, 1.807) is 0 Å². The zero-order valence-corrected chi connectivity index (χ0v) is 10.3. The second-order valence-corrected chi connectivity index (χ2v) is 4.28. The summed E-state index contributed by atoms with van der Waals surface area (Å²) in [5.74, 6) is -4.65. The van der Waals surface area contributed by atoms with Gasteiger partial charge in [-0.3, -0.25) is 9.59 Å². The molecule has 0 bridgehead atoms. The monoisotopic (exact) mass is 246 g/mol. The van der Waals surface area contributed by atoms with Gasteiger partial charge in [-0.25, -0.2) is 0 Å². The second-order valence-electron chi connectivity index (χ2n) is 4.28. The minimum absolute atomic E-state index is 0.232. The Labute approximate surface area is 101 Å². The maximum atomic E-state index is 10.6. The molecule has 3 N–H and O–H groups in total. The minimum atomic E-state index is -1.70. The molecule has 0 fully saturated rings. The van der Waals surface area contributed by atoms with Crippen molar-refractivity contribution in [3.63, 3.8) is 0 Å². The molecule has 0 saturated carbocycles. The van der Waals surface area contributed by atoms with Crippen LogP contribution in [0.2, 0.25) is 0 Å². The molecule has 0 amide bonds. The van der Waals surface area contributed by atoms with Gasteiger partial charge in [-0.05, 0) is 6.42 Å². The van der Waals surface area contributed by atoms with Crippen LogP contribution in [-0.2, 0) is 9.59 Å². The normalized spacial score (nSPS) is 12.6. The first-order valence-electron chi connectivity index (χ1n) is 6.14. The van der Waals surface area contributed by atoms with Crippen LogP contribution in [0.1, 0.15) is 51.9 Å². The van der Waals surface area contributed by atoms with E-state index in [1.165, 1.54) is 6.42 Å². The third-order valence-corrected chi connectivity index (χ3v) is 2.77. The smallest absolute Gasteiger partial charge is 0.320 e. The third-order valence-electron chi connectivity index (χ3n) is 2.77. The van der Waals surface area contributed by atoms with Gasteiger partial charge in [-0.1, -0.05) is 45.4 Å². The van der Waals surface area contributed by atoms with Gasteiger partial charge >= 0.3 is 11.9 Å². The highest BCUT2D eigenvalue weighted by molar-refractivity contribution is 5.93. The van der Waals surface area contributed by atoms with Crippen LogP contribution >= 0.6 is 0 Å². The highest BCUT2D eigenvalue weighted by Gasteiger charge is 2.33. The van der Waals surface area contributed by atoms with E-state index in [-0.39, 0.29) is 6.42 Å². The standard InChI is InChI=1S/C12H22O5/c1-2-3-4-5-6-7-8-9(13)10(11(14)15)12(16)17/h9-10,13H,2-8H2,1H3,(H,14,15)(H,16,17). The van der Waals surface area contributed by atoms with Crippen molar-refractivity contribution in [2.45, 2.75) is 58.0 Å². The molecular weight excluding hydrogens is 224 g/mol. The van der Waals surface area contributed by atoms with E-state index in [0.717, 1.165) is 25.7 Å². The van der Waals surface area contributed by atoms with Crippen LogP contribution in [0.15, 0.2) is 0 Å². The number of aliphatic carboxylic acids is 2. The molecule has 0 aliphatic rings. The van der Waals surface area contributed by atoms with Crippen LogP contribution < -0.4 is 0 Å². The van der Waals surface area contributed by atoms with Crippen LogP contribution in [0.3, 0.4) is 0 Å². The van der Waals surface area contributed by atoms with Gasteiger partial charge in [0.1, 0.15) is 0 Å². The molecule has 0 aromatic carbocycles. The topological polar surface area (TPSA) is 94.8 Å². The van der Waals surface area contributed by atoms with E-state index in [9.17, 15) is 14.7 Å². The predicted octanol–water partition coefficient (Wildman–Crippen LogP) is 1.88. The Morgan fingerprint density at radius 2 is 1.41 bits per heavy atom. The average molecular weight is 246 g/mol. The third kappa shape index (κ3) is 6.94. The molecule has 0 spiro atoms. The number of unbranched alkanes of at least 4 members (excludes halogenated alkanes) is 5. The summed E-state index contributed by atoms with van der Waals surface area (Å²) in [4.78, 5) is 21.2. The fourth-order valence-electron chi connectivity index (χ4n) is 1.74.